The van der Waals surface area contributed by atoms with Gasteiger partial charge in [-0.05, 0) is 62.5 Å². The Labute approximate surface area is 118 Å². The topological polar surface area (TPSA) is 18.5 Å². The molecule has 0 N–H and O–H groups in total. The van der Waals surface area contributed by atoms with Crippen molar-refractivity contribution in [2.75, 3.05) is 0 Å². The van der Waals surface area contributed by atoms with E-state index in [0.717, 1.165) is 5.46 Å². The summed E-state index contributed by atoms with van der Waals surface area (Å²) < 4.78 is 13.5. The van der Waals surface area contributed by atoms with Crippen molar-refractivity contribution in [3.63, 3.8) is 0 Å². The van der Waals surface area contributed by atoms with E-state index in [0.29, 0.717) is 0 Å². The zero-order valence-electron chi connectivity index (χ0n) is 12.1. The molecule has 0 spiro atoms. The Hall–Kier alpha value is -0.835. The summed E-state index contributed by atoms with van der Waals surface area (Å²) >= 11 is 1.78. The van der Waals surface area contributed by atoms with Crippen molar-refractivity contribution in [1.82, 2.24) is 0 Å². The molecule has 0 saturated carbocycles. The number of thiophene rings is 1. The molecule has 0 unspecified atom stereocenters. The third-order valence-electron chi connectivity index (χ3n) is 4.32. The zero-order chi connectivity index (χ0) is 13.8. The number of rotatable bonds is 1. The van der Waals surface area contributed by atoms with Crippen LogP contribution in [0.15, 0.2) is 23.6 Å². The van der Waals surface area contributed by atoms with Crippen LogP contribution in [0, 0.1) is 6.92 Å². The van der Waals surface area contributed by atoms with Crippen LogP contribution in [-0.4, -0.2) is 18.3 Å². The van der Waals surface area contributed by atoms with Crippen molar-refractivity contribution >= 4 is 34.0 Å². The molecule has 1 aliphatic rings. The highest BCUT2D eigenvalue weighted by molar-refractivity contribution is 7.17. The molecule has 1 aliphatic heterocycles. The lowest BCUT2D eigenvalue weighted by Crippen LogP contribution is -2.41. The molecular formula is C15H19BO2S. The van der Waals surface area contributed by atoms with Crippen molar-refractivity contribution in [3.05, 3.63) is 29.1 Å². The lowest BCUT2D eigenvalue weighted by Gasteiger charge is -2.32. The van der Waals surface area contributed by atoms with E-state index in [1.165, 1.54) is 15.6 Å². The van der Waals surface area contributed by atoms with E-state index in [9.17, 15) is 0 Å². The summed E-state index contributed by atoms with van der Waals surface area (Å²) in [5, 5.41) is 3.50. The van der Waals surface area contributed by atoms with Gasteiger partial charge in [-0.2, -0.15) is 0 Å². The molecule has 1 saturated heterocycles. The average Bonchev–Trinajstić information content (AvgIpc) is 2.78. The van der Waals surface area contributed by atoms with Gasteiger partial charge in [0.05, 0.1) is 11.2 Å². The molecule has 1 aromatic carbocycles. The minimum atomic E-state index is -0.281. The van der Waals surface area contributed by atoms with Crippen molar-refractivity contribution in [1.29, 1.82) is 0 Å². The van der Waals surface area contributed by atoms with Crippen LogP contribution in [0.2, 0.25) is 0 Å². The smallest absolute Gasteiger partial charge is 0.399 e. The Morgan fingerprint density at radius 1 is 1.05 bits per heavy atom. The van der Waals surface area contributed by atoms with Gasteiger partial charge in [0.15, 0.2) is 0 Å². The maximum absolute atomic E-state index is 6.10. The standard InChI is InChI=1S/C15H19BO2S/c1-10-9-19-13-7-6-11(8-12(10)13)16-17-14(2,3)15(4,5)18-16/h6-9H,1-5H3. The monoisotopic (exact) mass is 274 g/mol. The molecule has 100 valence electrons. The van der Waals surface area contributed by atoms with Gasteiger partial charge < -0.3 is 9.31 Å². The molecule has 0 aliphatic carbocycles. The highest BCUT2D eigenvalue weighted by Gasteiger charge is 2.51. The Bertz CT molecular complexity index is 614. The SMILES string of the molecule is Cc1csc2ccc(B3OC(C)(C)C(C)(C)O3)cc12. The molecule has 0 atom stereocenters. The van der Waals surface area contributed by atoms with Crippen LogP contribution < -0.4 is 5.46 Å². The van der Waals surface area contributed by atoms with Crippen LogP contribution >= 0.6 is 11.3 Å². The number of hydrogen-bond donors (Lipinski definition) is 0. The summed E-state index contributed by atoms with van der Waals surface area (Å²) in [6.07, 6.45) is 0. The summed E-state index contributed by atoms with van der Waals surface area (Å²) in [5.41, 5.74) is 1.86. The van der Waals surface area contributed by atoms with Crippen LogP contribution in [0.1, 0.15) is 33.3 Å². The van der Waals surface area contributed by atoms with Gasteiger partial charge in [-0.25, -0.2) is 0 Å². The molecule has 0 radical (unpaired) electrons. The maximum Gasteiger partial charge on any atom is 0.494 e. The fourth-order valence-corrected chi connectivity index (χ4v) is 3.22. The predicted molar refractivity (Wildman–Crippen MR) is 82.3 cm³/mol. The van der Waals surface area contributed by atoms with Gasteiger partial charge in [0.1, 0.15) is 0 Å². The lowest BCUT2D eigenvalue weighted by atomic mass is 9.78. The van der Waals surface area contributed by atoms with Crippen molar-refractivity contribution < 1.29 is 9.31 Å². The lowest BCUT2D eigenvalue weighted by molar-refractivity contribution is 0.00578. The molecule has 2 aromatic rings. The van der Waals surface area contributed by atoms with Gasteiger partial charge in [0, 0.05) is 4.70 Å². The molecule has 2 heterocycles. The Kier molecular flexibility index (Phi) is 2.82. The van der Waals surface area contributed by atoms with Gasteiger partial charge in [-0.3, -0.25) is 0 Å². The highest BCUT2D eigenvalue weighted by atomic mass is 32.1. The number of hydrogen-bond acceptors (Lipinski definition) is 3. The molecule has 0 amide bonds. The second kappa shape index (κ2) is 4.08. The maximum atomic E-state index is 6.10. The van der Waals surface area contributed by atoms with E-state index < -0.39 is 0 Å². The summed E-state index contributed by atoms with van der Waals surface area (Å²) in [6.45, 7) is 10.5. The van der Waals surface area contributed by atoms with Crippen LogP contribution in [0.4, 0.5) is 0 Å². The first-order valence-corrected chi connectivity index (χ1v) is 7.51. The molecular weight excluding hydrogens is 255 g/mol. The Morgan fingerprint density at radius 3 is 2.32 bits per heavy atom. The number of aryl methyl sites for hydroxylation is 1. The first kappa shape index (κ1) is 13.2. The minimum Gasteiger partial charge on any atom is -0.399 e. The van der Waals surface area contributed by atoms with E-state index in [4.69, 9.17) is 9.31 Å². The first-order valence-electron chi connectivity index (χ1n) is 6.63. The van der Waals surface area contributed by atoms with E-state index >= 15 is 0 Å². The molecule has 1 fully saturated rings. The van der Waals surface area contributed by atoms with E-state index in [1.807, 2.05) is 0 Å². The summed E-state index contributed by atoms with van der Waals surface area (Å²) in [7, 11) is -0.270. The minimum absolute atomic E-state index is 0.270. The largest absolute Gasteiger partial charge is 0.494 e. The third-order valence-corrected chi connectivity index (χ3v) is 5.40. The quantitative estimate of drug-likeness (QED) is 0.741. The molecule has 19 heavy (non-hydrogen) atoms. The van der Waals surface area contributed by atoms with Crippen LogP contribution in [0.5, 0.6) is 0 Å². The third kappa shape index (κ3) is 2.02. The van der Waals surface area contributed by atoms with Crippen molar-refractivity contribution in [2.45, 2.75) is 45.8 Å². The fourth-order valence-electron chi connectivity index (χ4n) is 2.30. The summed E-state index contributed by atoms with van der Waals surface area (Å²) in [4.78, 5) is 0. The number of benzene rings is 1. The van der Waals surface area contributed by atoms with E-state index in [1.54, 1.807) is 11.3 Å². The molecule has 3 rings (SSSR count). The fraction of sp³-hybridized carbons (Fsp3) is 0.467. The van der Waals surface area contributed by atoms with Gasteiger partial charge in [-0.15, -0.1) is 11.3 Å². The first-order chi connectivity index (χ1) is 8.80. The van der Waals surface area contributed by atoms with E-state index in [2.05, 4.69) is 58.2 Å². The van der Waals surface area contributed by atoms with Crippen LogP contribution in [0.3, 0.4) is 0 Å². The second-order valence-electron chi connectivity index (χ2n) is 6.26. The Morgan fingerprint density at radius 2 is 1.68 bits per heavy atom. The van der Waals surface area contributed by atoms with Gasteiger partial charge in [0.2, 0.25) is 0 Å². The molecule has 4 heteroatoms. The van der Waals surface area contributed by atoms with Gasteiger partial charge >= 0.3 is 7.12 Å². The van der Waals surface area contributed by atoms with Crippen molar-refractivity contribution in [2.24, 2.45) is 0 Å². The van der Waals surface area contributed by atoms with Crippen LogP contribution in [-0.2, 0) is 9.31 Å². The highest BCUT2D eigenvalue weighted by Crippen LogP contribution is 2.36. The predicted octanol–water partition coefficient (Wildman–Crippen LogP) is 3.51. The average molecular weight is 274 g/mol. The zero-order valence-corrected chi connectivity index (χ0v) is 12.9. The summed E-state index contributed by atoms with van der Waals surface area (Å²) in [6, 6.07) is 6.47. The Balaban J connectivity index is 2.00. The van der Waals surface area contributed by atoms with E-state index in [-0.39, 0.29) is 18.3 Å². The van der Waals surface area contributed by atoms with Gasteiger partial charge in [0.25, 0.3) is 0 Å². The molecule has 2 nitrogen and oxygen atoms in total. The molecule has 0 bridgehead atoms. The normalized spacial score (nSPS) is 21.2. The molecule has 1 aromatic heterocycles. The second-order valence-corrected chi connectivity index (χ2v) is 7.17. The number of fused-ring (bicyclic) bond motifs is 1. The van der Waals surface area contributed by atoms with Crippen LogP contribution in [0.25, 0.3) is 10.1 Å². The van der Waals surface area contributed by atoms with Crippen molar-refractivity contribution in [3.8, 4) is 0 Å². The van der Waals surface area contributed by atoms with Gasteiger partial charge in [-0.1, -0.05) is 12.1 Å². The summed E-state index contributed by atoms with van der Waals surface area (Å²) in [5.74, 6) is 0.